The summed E-state index contributed by atoms with van der Waals surface area (Å²) in [5.74, 6) is -1.83. The fraction of sp³-hybridized carbons (Fsp3) is 0.444. The van der Waals surface area contributed by atoms with Crippen LogP contribution in [0.2, 0.25) is 0 Å². The number of hydrogen-bond donors (Lipinski definition) is 0. The van der Waals surface area contributed by atoms with E-state index in [1.165, 1.54) is 44.9 Å². The van der Waals surface area contributed by atoms with Gasteiger partial charge in [0.25, 0.3) is 11.8 Å². The van der Waals surface area contributed by atoms with Gasteiger partial charge >= 0.3 is 11.9 Å². The third-order valence-electron chi connectivity index (χ3n) is 4.28. The number of carbonyl (C=O) groups excluding carboxylic acids is 4. The molecule has 1 saturated heterocycles. The zero-order chi connectivity index (χ0) is 21.7. The van der Waals surface area contributed by atoms with E-state index in [0.29, 0.717) is 35.9 Å². The van der Waals surface area contributed by atoms with Crippen LogP contribution in [0.1, 0.15) is 29.4 Å². The van der Waals surface area contributed by atoms with Crippen molar-refractivity contribution in [3.63, 3.8) is 0 Å². The Morgan fingerprint density at radius 3 is 1.47 bits per heavy atom. The van der Waals surface area contributed by atoms with E-state index >= 15 is 0 Å². The number of thiazole rings is 2. The molecule has 0 saturated carbocycles. The van der Waals surface area contributed by atoms with Gasteiger partial charge in [-0.05, 0) is 13.8 Å². The van der Waals surface area contributed by atoms with Crippen molar-refractivity contribution in [2.24, 2.45) is 0 Å². The maximum Gasteiger partial charge on any atom is 0.350 e. The Morgan fingerprint density at radius 2 is 1.17 bits per heavy atom. The number of ether oxygens (including phenoxy) is 2. The fourth-order valence-corrected chi connectivity index (χ4v) is 4.04. The molecule has 1 aliphatic rings. The Hall–Kier alpha value is -2.86. The summed E-state index contributed by atoms with van der Waals surface area (Å²) >= 11 is 2.40. The predicted molar refractivity (Wildman–Crippen MR) is 107 cm³/mol. The molecule has 3 heterocycles. The molecule has 0 bridgehead atoms. The molecule has 2 aromatic heterocycles. The SMILES string of the molecule is Cc1ncc(C(=O)OCC(=O)N2CCN(C(=O)COC(=O)c3cnc(C)s3)CC2)s1. The Balaban J connectivity index is 1.38. The second-order valence-electron chi connectivity index (χ2n) is 6.40. The second kappa shape index (κ2) is 9.76. The summed E-state index contributed by atoms with van der Waals surface area (Å²) in [7, 11) is 0. The zero-order valence-corrected chi connectivity index (χ0v) is 18.1. The van der Waals surface area contributed by atoms with Crippen molar-refractivity contribution in [2.45, 2.75) is 13.8 Å². The molecular formula is C18H20N4O6S2. The van der Waals surface area contributed by atoms with Crippen LogP contribution in [0.3, 0.4) is 0 Å². The van der Waals surface area contributed by atoms with Crippen LogP contribution in [0.5, 0.6) is 0 Å². The fourth-order valence-electron chi connectivity index (χ4n) is 2.70. The summed E-state index contributed by atoms with van der Waals surface area (Å²) in [6, 6.07) is 0. The first-order chi connectivity index (χ1) is 14.3. The molecule has 0 radical (unpaired) electrons. The lowest BCUT2D eigenvalue weighted by atomic mass is 10.3. The van der Waals surface area contributed by atoms with E-state index in [9.17, 15) is 19.2 Å². The van der Waals surface area contributed by atoms with Gasteiger partial charge in [0.1, 0.15) is 9.75 Å². The van der Waals surface area contributed by atoms with E-state index < -0.39 is 11.9 Å². The standard InChI is InChI=1S/C18H20N4O6S2/c1-11-19-7-13(29-11)17(25)27-9-15(23)21-3-5-22(6-4-21)16(24)10-28-18(26)14-8-20-12(2)30-14/h7-8H,3-6,9-10H2,1-2H3. The van der Waals surface area contributed by atoms with Gasteiger partial charge in [-0.1, -0.05) is 0 Å². The molecule has 3 rings (SSSR count). The van der Waals surface area contributed by atoms with E-state index in [1.54, 1.807) is 13.8 Å². The molecule has 2 aromatic rings. The van der Waals surface area contributed by atoms with Gasteiger partial charge in [0.15, 0.2) is 13.2 Å². The molecule has 0 spiro atoms. The topological polar surface area (TPSA) is 119 Å². The molecule has 160 valence electrons. The summed E-state index contributed by atoms with van der Waals surface area (Å²) in [5.41, 5.74) is 0. The number of esters is 2. The van der Waals surface area contributed by atoms with Crippen LogP contribution in [0.15, 0.2) is 12.4 Å². The van der Waals surface area contributed by atoms with Gasteiger partial charge in [-0.15, -0.1) is 22.7 Å². The van der Waals surface area contributed by atoms with Crippen LogP contribution in [-0.4, -0.2) is 82.9 Å². The molecule has 0 aliphatic carbocycles. The number of aromatic nitrogens is 2. The normalized spacial score (nSPS) is 13.8. The number of hydrogen-bond acceptors (Lipinski definition) is 10. The lowest BCUT2D eigenvalue weighted by molar-refractivity contribution is -0.142. The van der Waals surface area contributed by atoms with E-state index in [0.717, 1.165) is 10.0 Å². The van der Waals surface area contributed by atoms with Gasteiger partial charge in [-0.25, -0.2) is 19.6 Å². The van der Waals surface area contributed by atoms with Crippen LogP contribution in [0.25, 0.3) is 0 Å². The lowest BCUT2D eigenvalue weighted by Crippen LogP contribution is -2.52. The molecule has 0 N–H and O–H groups in total. The van der Waals surface area contributed by atoms with Crippen molar-refractivity contribution >= 4 is 46.4 Å². The minimum atomic E-state index is -0.583. The first kappa shape index (κ1) is 21.8. The summed E-state index contributed by atoms with van der Waals surface area (Å²) in [6.07, 6.45) is 2.83. The average Bonchev–Trinajstić information content (AvgIpc) is 3.38. The molecule has 12 heteroatoms. The lowest BCUT2D eigenvalue weighted by Gasteiger charge is -2.34. The Bertz CT molecular complexity index is 872. The van der Waals surface area contributed by atoms with Crippen LogP contribution in [-0.2, 0) is 19.1 Å². The van der Waals surface area contributed by atoms with E-state index in [4.69, 9.17) is 9.47 Å². The summed E-state index contributed by atoms with van der Waals surface area (Å²) in [4.78, 5) is 60.0. The van der Waals surface area contributed by atoms with Crippen LogP contribution in [0.4, 0.5) is 0 Å². The number of piperazine rings is 1. The molecule has 0 unspecified atom stereocenters. The van der Waals surface area contributed by atoms with E-state index in [-0.39, 0.29) is 25.0 Å². The number of carbonyl (C=O) groups is 4. The summed E-state index contributed by atoms with van der Waals surface area (Å²) in [5, 5.41) is 1.48. The average molecular weight is 453 g/mol. The van der Waals surface area contributed by atoms with E-state index in [2.05, 4.69) is 9.97 Å². The highest BCUT2D eigenvalue weighted by Crippen LogP contribution is 2.14. The highest BCUT2D eigenvalue weighted by atomic mass is 32.1. The van der Waals surface area contributed by atoms with Crippen molar-refractivity contribution < 1.29 is 28.7 Å². The first-order valence-electron chi connectivity index (χ1n) is 9.08. The minimum Gasteiger partial charge on any atom is -0.451 e. The molecule has 2 amide bonds. The second-order valence-corrected chi connectivity index (χ2v) is 8.87. The molecule has 0 aromatic carbocycles. The van der Waals surface area contributed by atoms with Crippen molar-refractivity contribution in [2.75, 3.05) is 39.4 Å². The minimum absolute atomic E-state index is 0.309. The highest BCUT2D eigenvalue weighted by molar-refractivity contribution is 7.13. The van der Waals surface area contributed by atoms with Gasteiger partial charge in [0.2, 0.25) is 0 Å². The molecule has 10 nitrogen and oxygen atoms in total. The Kier molecular flexibility index (Phi) is 7.11. The van der Waals surface area contributed by atoms with Crippen LogP contribution in [0, 0.1) is 13.8 Å². The number of aryl methyl sites for hydroxylation is 2. The first-order valence-corrected chi connectivity index (χ1v) is 10.7. The molecule has 0 atom stereocenters. The number of amides is 2. The van der Waals surface area contributed by atoms with Crippen LogP contribution >= 0.6 is 22.7 Å². The number of nitrogens with zero attached hydrogens (tertiary/aromatic N) is 4. The van der Waals surface area contributed by atoms with Gasteiger partial charge in [0.05, 0.1) is 22.4 Å². The number of rotatable bonds is 6. The molecule has 1 fully saturated rings. The Morgan fingerprint density at radius 1 is 0.800 bits per heavy atom. The third-order valence-corrected chi connectivity index (χ3v) is 6.07. The van der Waals surface area contributed by atoms with Crippen molar-refractivity contribution in [1.82, 2.24) is 19.8 Å². The largest absolute Gasteiger partial charge is 0.451 e. The van der Waals surface area contributed by atoms with Crippen LogP contribution < -0.4 is 0 Å². The maximum atomic E-state index is 12.2. The van der Waals surface area contributed by atoms with Gasteiger partial charge in [-0.2, -0.15) is 0 Å². The third kappa shape index (κ3) is 5.60. The molecule has 1 aliphatic heterocycles. The molecule has 30 heavy (non-hydrogen) atoms. The quantitative estimate of drug-likeness (QED) is 0.593. The van der Waals surface area contributed by atoms with Crippen molar-refractivity contribution in [1.29, 1.82) is 0 Å². The van der Waals surface area contributed by atoms with E-state index in [1.807, 2.05) is 0 Å². The summed E-state index contributed by atoms with van der Waals surface area (Å²) in [6.45, 7) is 4.05. The highest BCUT2D eigenvalue weighted by Gasteiger charge is 2.26. The Labute approximate surface area is 180 Å². The predicted octanol–water partition coefficient (Wildman–Crippen LogP) is 0.901. The van der Waals surface area contributed by atoms with Gasteiger partial charge < -0.3 is 19.3 Å². The monoisotopic (exact) mass is 452 g/mol. The van der Waals surface area contributed by atoms with Gasteiger partial charge in [-0.3, -0.25) is 9.59 Å². The zero-order valence-electron chi connectivity index (χ0n) is 16.5. The van der Waals surface area contributed by atoms with Gasteiger partial charge in [0, 0.05) is 26.2 Å². The van der Waals surface area contributed by atoms with Crippen molar-refractivity contribution in [3.05, 3.63) is 32.2 Å². The smallest absolute Gasteiger partial charge is 0.350 e. The van der Waals surface area contributed by atoms with Crippen molar-refractivity contribution in [3.8, 4) is 0 Å². The molecular weight excluding hydrogens is 432 g/mol. The summed E-state index contributed by atoms with van der Waals surface area (Å²) < 4.78 is 10.1. The maximum absolute atomic E-state index is 12.2.